The number of hydrogen-bond donors (Lipinski definition) is 2. The minimum atomic E-state index is 0.0142. The Morgan fingerprint density at radius 2 is 1.82 bits per heavy atom. The third-order valence-corrected chi connectivity index (χ3v) is 4.02. The van der Waals surface area contributed by atoms with Gasteiger partial charge in [-0.1, -0.05) is 6.92 Å². The number of benzene rings is 1. The van der Waals surface area contributed by atoms with Crippen molar-refractivity contribution in [2.24, 2.45) is 0 Å². The average Bonchev–Trinajstić information content (AvgIpc) is 2.53. The van der Waals surface area contributed by atoms with Crippen LogP contribution in [0.2, 0.25) is 0 Å². The number of aliphatic hydroxyl groups is 1. The third kappa shape index (κ3) is 2.48. The molecular weight excluding hydrogens is 276 g/mol. The van der Waals surface area contributed by atoms with Crippen molar-refractivity contribution in [1.29, 1.82) is 0 Å². The van der Waals surface area contributed by atoms with Crippen LogP contribution < -0.4 is 5.32 Å². The number of anilines is 1. The zero-order valence-corrected chi connectivity index (χ0v) is 13.1. The highest BCUT2D eigenvalue weighted by molar-refractivity contribution is 6.09. The Morgan fingerprint density at radius 1 is 1.09 bits per heavy atom. The molecule has 0 aliphatic heterocycles. The highest BCUT2D eigenvalue weighted by atomic mass is 16.3. The zero-order valence-electron chi connectivity index (χ0n) is 13.1. The van der Waals surface area contributed by atoms with Gasteiger partial charge >= 0.3 is 0 Å². The second kappa shape index (κ2) is 5.85. The van der Waals surface area contributed by atoms with E-state index in [1.165, 1.54) is 0 Å². The molecule has 2 N–H and O–H groups in total. The molecule has 0 bridgehead atoms. The Morgan fingerprint density at radius 3 is 2.55 bits per heavy atom. The van der Waals surface area contributed by atoms with E-state index < -0.39 is 0 Å². The fraction of sp³-hybridized carbons (Fsp3) is 0.353. The molecule has 0 radical (unpaired) electrons. The van der Waals surface area contributed by atoms with E-state index in [4.69, 9.17) is 4.98 Å². The predicted molar refractivity (Wildman–Crippen MR) is 89.1 cm³/mol. The Balaban J connectivity index is 2.28. The first-order chi connectivity index (χ1) is 10.6. The fourth-order valence-electron chi connectivity index (χ4n) is 2.55. The van der Waals surface area contributed by atoms with E-state index in [0.29, 0.717) is 0 Å². The molecule has 2 aromatic heterocycles. The molecular formula is C17H20N4O. The van der Waals surface area contributed by atoms with Crippen LogP contribution in [0.25, 0.3) is 21.9 Å². The maximum absolute atomic E-state index is 9.45. The Hall–Kier alpha value is -2.27. The van der Waals surface area contributed by atoms with E-state index in [-0.39, 0.29) is 12.6 Å². The molecule has 2 heterocycles. The number of aryl methyl sites for hydroxylation is 2. The SMILES string of the molecule is CCC(CO)Nc1ccnc2ccc3nc(C)c(C)nc3c12. The number of aliphatic hydroxyl groups excluding tert-OH is 1. The maximum Gasteiger partial charge on any atom is 0.100 e. The van der Waals surface area contributed by atoms with E-state index in [1.54, 1.807) is 6.20 Å². The molecule has 22 heavy (non-hydrogen) atoms. The van der Waals surface area contributed by atoms with Crippen molar-refractivity contribution in [3.05, 3.63) is 35.8 Å². The van der Waals surface area contributed by atoms with Crippen LogP contribution in [0.15, 0.2) is 24.4 Å². The smallest absolute Gasteiger partial charge is 0.100 e. The van der Waals surface area contributed by atoms with Crippen molar-refractivity contribution in [1.82, 2.24) is 15.0 Å². The van der Waals surface area contributed by atoms with E-state index in [0.717, 1.165) is 45.4 Å². The average molecular weight is 296 g/mol. The minimum Gasteiger partial charge on any atom is -0.394 e. The molecule has 3 rings (SSSR count). The monoisotopic (exact) mass is 296 g/mol. The molecule has 1 atom stereocenters. The van der Waals surface area contributed by atoms with E-state index in [9.17, 15) is 5.11 Å². The first kappa shape index (κ1) is 14.7. The summed E-state index contributed by atoms with van der Waals surface area (Å²) in [5.74, 6) is 0. The van der Waals surface area contributed by atoms with Gasteiger partial charge < -0.3 is 10.4 Å². The lowest BCUT2D eigenvalue weighted by atomic mass is 10.1. The summed E-state index contributed by atoms with van der Waals surface area (Å²) in [5.41, 5.74) is 5.39. The number of pyridine rings is 1. The van der Waals surface area contributed by atoms with Crippen LogP contribution in [0, 0.1) is 13.8 Å². The van der Waals surface area contributed by atoms with Gasteiger partial charge in [-0.2, -0.15) is 0 Å². The van der Waals surface area contributed by atoms with Gasteiger partial charge in [0.15, 0.2) is 0 Å². The van der Waals surface area contributed by atoms with Gasteiger partial charge in [0, 0.05) is 17.9 Å². The lowest BCUT2D eigenvalue weighted by Crippen LogP contribution is -2.22. The Labute approximate surface area is 129 Å². The van der Waals surface area contributed by atoms with Gasteiger partial charge in [0.05, 0.1) is 34.4 Å². The van der Waals surface area contributed by atoms with Crippen LogP contribution in [0.1, 0.15) is 24.7 Å². The molecule has 1 aromatic carbocycles. The first-order valence-corrected chi connectivity index (χ1v) is 7.54. The quantitative estimate of drug-likeness (QED) is 0.724. The second-order valence-corrected chi connectivity index (χ2v) is 5.51. The largest absolute Gasteiger partial charge is 0.394 e. The van der Waals surface area contributed by atoms with Gasteiger partial charge in [-0.05, 0) is 38.5 Å². The van der Waals surface area contributed by atoms with Crippen molar-refractivity contribution in [2.45, 2.75) is 33.2 Å². The summed E-state index contributed by atoms with van der Waals surface area (Å²) in [6, 6.07) is 5.86. The van der Waals surface area contributed by atoms with Gasteiger partial charge in [0.1, 0.15) is 5.52 Å². The molecule has 0 aliphatic carbocycles. The van der Waals surface area contributed by atoms with Crippen LogP contribution >= 0.6 is 0 Å². The topological polar surface area (TPSA) is 70.9 Å². The number of fused-ring (bicyclic) bond motifs is 3. The van der Waals surface area contributed by atoms with Crippen molar-refractivity contribution in [2.75, 3.05) is 11.9 Å². The molecule has 5 heteroatoms. The Kier molecular flexibility index (Phi) is 3.90. The predicted octanol–water partition coefficient (Wildman–Crippen LogP) is 2.98. The molecule has 0 amide bonds. The molecule has 0 saturated heterocycles. The van der Waals surface area contributed by atoms with E-state index in [2.05, 4.69) is 15.3 Å². The standard InChI is InChI=1S/C17H20N4O/c1-4-12(9-22)21-14-7-8-18-13-5-6-15-17(16(13)14)20-11(3)10(2)19-15/h5-8,12,22H,4,9H2,1-3H3,(H,18,21). The van der Waals surface area contributed by atoms with E-state index in [1.807, 2.05) is 39.0 Å². The van der Waals surface area contributed by atoms with Gasteiger partial charge in [0.25, 0.3) is 0 Å². The molecule has 114 valence electrons. The van der Waals surface area contributed by atoms with Crippen LogP contribution in [0.3, 0.4) is 0 Å². The molecule has 0 spiro atoms. The lowest BCUT2D eigenvalue weighted by Gasteiger charge is -2.17. The molecule has 0 fully saturated rings. The van der Waals surface area contributed by atoms with Crippen molar-refractivity contribution >= 4 is 27.6 Å². The number of nitrogens with zero attached hydrogens (tertiary/aromatic N) is 3. The molecule has 3 aromatic rings. The van der Waals surface area contributed by atoms with Gasteiger partial charge in [-0.25, -0.2) is 9.97 Å². The van der Waals surface area contributed by atoms with Gasteiger partial charge in [-0.3, -0.25) is 4.98 Å². The molecule has 1 unspecified atom stereocenters. The van der Waals surface area contributed by atoms with E-state index >= 15 is 0 Å². The maximum atomic E-state index is 9.45. The summed E-state index contributed by atoms with van der Waals surface area (Å²) in [6.45, 7) is 6.07. The lowest BCUT2D eigenvalue weighted by molar-refractivity contribution is 0.272. The number of nitrogens with one attached hydrogen (secondary N) is 1. The highest BCUT2D eigenvalue weighted by Crippen LogP contribution is 2.29. The zero-order chi connectivity index (χ0) is 15.7. The number of hydrogen-bond acceptors (Lipinski definition) is 5. The summed E-state index contributed by atoms with van der Waals surface area (Å²) in [6.07, 6.45) is 2.62. The summed E-state index contributed by atoms with van der Waals surface area (Å²) in [5, 5.41) is 13.8. The molecule has 5 nitrogen and oxygen atoms in total. The summed E-state index contributed by atoms with van der Waals surface area (Å²) >= 11 is 0. The second-order valence-electron chi connectivity index (χ2n) is 5.51. The number of rotatable bonds is 4. The fourth-order valence-corrected chi connectivity index (χ4v) is 2.55. The summed E-state index contributed by atoms with van der Waals surface area (Å²) < 4.78 is 0. The van der Waals surface area contributed by atoms with Crippen LogP contribution in [0.4, 0.5) is 5.69 Å². The van der Waals surface area contributed by atoms with Crippen molar-refractivity contribution in [3.8, 4) is 0 Å². The van der Waals surface area contributed by atoms with Crippen molar-refractivity contribution in [3.63, 3.8) is 0 Å². The van der Waals surface area contributed by atoms with Crippen molar-refractivity contribution < 1.29 is 5.11 Å². The number of aromatic nitrogens is 3. The first-order valence-electron chi connectivity index (χ1n) is 7.54. The summed E-state index contributed by atoms with van der Waals surface area (Å²) in [4.78, 5) is 13.8. The van der Waals surface area contributed by atoms with Crippen LogP contribution in [-0.2, 0) is 0 Å². The molecule has 0 aliphatic rings. The van der Waals surface area contributed by atoms with Gasteiger partial charge in [-0.15, -0.1) is 0 Å². The molecule has 0 saturated carbocycles. The van der Waals surface area contributed by atoms with Crippen LogP contribution in [0.5, 0.6) is 0 Å². The Bertz CT molecular complexity index is 828. The normalized spacial score (nSPS) is 12.7. The van der Waals surface area contributed by atoms with Gasteiger partial charge in [0.2, 0.25) is 0 Å². The highest BCUT2D eigenvalue weighted by Gasteiger charge is 2.12. The third-order valence-electron chi connectivity index (χ3n) is 4.02. The summed E-state index contributed by atoms with van der Waals surface area (Å²) in [7, 11) is 0. The minimum absolute atomic E-state index is 0.0142. The van der Waals surface area contributed by atoms with Crippen LogP contribution in [-0.4, -0.2) is 32.7 Å².